The van der Waals surface area contributed by atoms with Crippen LogP contribution >= 0.6 is 0 Å². The minimum atomic E-state index is 0.0812. The van der Waals surface area contributed by atoms with Gasteiger partial charge in [-0.3, -0.25) is 9.78 Å². The van der Waals surface area contributed by atoms with Crippen LogP contribution in [0.25, 0.3) is 0 Å². The van der Waals surface area contributed by atoms with Gasteiger partial charge in [0.25, 0.3) is 0 Å². The molecule has 0 unspecified atom stereocenters. The number of carbonyl (C=O) groups is 1. The molecule has 0 saturated carbocycles. The molecule has 1 heterocycles. The van der Waals surface area contributed by atoms with Crippen molar-refractivity contribution in [2.75, 3.05) is 11.9 Å². The van der Waals surface area contributed by atoms with Gasteiger partial charge in [-0.25, -0.2) is 0 Å². The summed E-state index contributed by atoms with van der Waals surface area (Å²) >= 11 is 0. The standard InChI is InChI=1S/C17H20N2O/c1-4-17(20)16-10-9-15(11-18-16)19(3)12-14-7-5-13(2)6-8-14/h5-11H,4,12H2,1-3H3. The first-order valence-electron chi connectivity index (χ1n) is 6.86. The zero-order chi connectivity index (χ0) is 14.5. The molecule has 0 spiro atoms. The van der Waals surface area contributed by atoms with Crippen molar-refractivity contribution in [1.29, 1.82) is 0 Å². The number of rotatable bonds is 5. The number of aryl methyl sites for hydroxylation is 1. The number of aromatic nitrogens is 1. The molecule has 1 aromatic carbocycles. The first-order chi connectivity index (χ1) is 9.60. The summed E-state index contributed by atoms with van der Waals surface area (Å²) in [6.45, 7) is 4.76. The van der Waals surface area contributed by atoms with Gasteiger partial charge in [0.1, 0.15) is 5.69 Å². The quantitative estimate of drug-likeness (QED) is 0.776. The molecule has 0 atom stereocenters. The SMILES string of the molecule is CCC(=O)c1ccc(N(C)Cc2ccc(C)cc2)cn1. The number of benzene rings is 1. The number of carbonyl (C=O) groups excluding carboxylic acids is 1. The Labute approximate surface area is 120 Å². The summed E-state index contributed by atoms with van der Waals surface area (Å²) in [5.41, 5.74) is 4.07. The van der Waals surface area contributed by atoms with E-state index < -0.39 is 0 Å². The van der Waals surface area contributed by atoms with E-state index >= 15 is 0 Å². The van der Waals surface area contributed by atoms with E-state index in [1.807, 2.05) is 20.0 Å². The molecule has 0 N–H and O–H groups in total. The molecule has 3 nitrogen and oxygen atoms in total. The van der Waals surface area contributed by atoms with Gasteiger partial charge >= 0.3 is 0 Å². The van der Waals surface area contributed by atoms with E-state index in [4.69, 9.17) is 0 Å². The Bertz CT molecular complexity index is 573. The summed E-state index contributed by atoms with van der Waals surface area (Å²) in [5, 5.41) is 0. The molecule has 0 aliphatic heterocycles. The average Bonchev–Trinajstić information content (AvgIpc) is 2.49. The number of hydrogen-bond acceptors (Lipinski definition) is 3. The molecule has 20 heavy (non-hydrogen) atoms. The van der Waals surface area contributed by atoms with Gasteiger partial charge in [-0.05, 0) is 24.6 Å². The highest BCUT2D eigenvalue weighted by Crippen LogP contribution is 2.15. The maximum absolute atomic E-state index is 11.5. The highest BCUT2D eigenvalue weighted by atomic mass is 16.1. The number of hydrogen-bond donors (Lipinski definition) is 0. The molecule has 0 aliphatic rings. The Balaban J connectivity index is 2.07. The van der Waals surface area contributed by atoms with Crippen LogP contribution in [0.1, 0.15) is 35.0 Å². The van der Waals surface area contributed by atoms with Crippen molar-refractivity contribution >= 4 is 11.5 Å². The van der Waals surface area contributed by atoms with Crippen LogP contribution in [0, 0.1) is 6.92 Å². The van der Waals surface area contributed by atoms with E-state index in [2.05, 4.69) is 41.1 Å². The lowest BCUT2D eigenvalue weighted by Crippen LogP contribution is -2.16. The molecule has 0 fully saturated rings. The Morgan fingerprint density at radius 1 is 1.15 bits per heavy atom. The largest absolute Gasteiger partial charge is 0.369 e. The van der Waals surface area contributed by atoms with E-state index in [1.54, 1.807) is 12.3 Å². The van der Waals surface area contributed by atoms with Crippen LogP contribution in [0.2, 0.25) is 0 Å². The maximum Gasteiger partial charge on any atom is 0.180 e. The molecule has 0 radical (unpaired) electrons. The lowest BCUT2D eigenvalue weighted by atomic mass is 10.1. The predicted molar refractivity (Wildman–Crippen MR) is 82.1 cm³/mol. The lowest BCUT2D eigenvalue weighted by Gasteiger charge is -2.19. The van der Waals surface area contributed by atoms with Crippen molar-refractivity contribution in [3.63, 3.8) is 0 Å². The van der Waals surface area contributed by atoms with Crippen LogP contribution in [0.3, 0.4) is 0 Å². The zero-order valence-electron chi connectivity index (χ0n) is 12.3. The number of pyridine rings is 1. The Morgan fingerprint density at radius 2 is 1.85 bits per heavy atom. The fourth-order valence-corrected chi connectivity index (χ4v) is 2.02. The molecular formula is C17H20N2O. The van der Waals surface area contributed by atoms with Crippen LogP contribution in [0.5, 0.6) is 0 Å². The minimum absolute atomic E-state index is 0.0812. The fourth-order valence-electron chi connectivity index (χ4n) is 2.02. The Kier molecular flexibility index (Phi) is 4.51. The molecule has 2 aromatic rings. The predicted octanol–water partition coefficient (Wildman–Crippen LogP) is 3.62. The average molecular weight is 268 g/mol. The van der Waals surface area contributed by atoms with Gasteiger partial charge in [0.05, 0.1) is 11.9 Å². The molecule has 0 amide bonds. The zero-order valence-corrected chi connectivity index (χ0v) is 12.3. The van der Waals surface area contributed by atoms with Crippen LogP contribution in [-0.4, -0.2) is 17.8 Å². The van der Waals surface area contributed by atoms with Crippen molar-refractivity contribution in [3.8, 4) is 0 Å². The summed E-state index contributed by atoms with van der Waals surface area (Å²) in [5.74, 6) is 0.0812. The van der Waals surface area contributed by atoms with Gasteiger partial charge < -0.3 is 4.90 Å². The van der Waals surface area contributed by atoms with Gasteiger partial charge in [-0.15, -0.1) is 0 Å². The maximum atomic E-state index is 11.5. The lowest BCUT2D eigenvalue weighted by molar-refractivity contribution is 0.0983. The van der Waals surface area contributed by atoms with E-state index in [-0.39, 0.29) is 5.78 Å². The van der Waals surface area contributed by atoms with Gasteiger partial charge in [-0.2, -0.15) is 0 Å². The van der Waals surface area contributed by atoms with Gasteiger partial charge in [0, 0.05) is 20.0 Å². The highest BCUT2D eigenvalue weighted by Gasteiger charge is 2.06. The van der Waals surface area contributed by atoms with Crippen LogP contribution in [-0.2, 0) is 6.54 Å². The monoisotopic (exact) mass is 268 g/mol. The van der Waals surface area contributed by atoms with Crippen molar-refractivity contribution < 1.29 is 4.79 Å². The molecule has 2 rings (SSSR count). The smallest absolute Gasteiger partial charge is 0.180 e. The van der Waals surface area contributed by atoms with Gasteiger partial charge in [0.15, 0.2) is 5.78 Å². The molecule has 1 aromatic heterocycles. The second-order valence-corrected chi connectivity index (χ2v) is 5.02. The third-order valence-corrected chi connectivity index (χ3v) is 3.34. The number of Topliss-reactive ketones (excluding diaryl/α,β-unsaturated/α-hetero) is 1. The number of ketones is 1. The van der Waals surface area contributed by atoms with Gasteiger partial charge in [0.2, 0.25) is 0 Å². The number of anilines is 1. The third-order valence-electron chi connectivity index (χ3n) is 3.34. The second kappa shape index (κ2) is 6.33. The van der Waals surface area contributed by atoms with Crippen LogP contribution in [0.15, 0.2) is 42.6 Å². The molecule has 0 aliphatic carbocycles. The Hall–Kier alpha value is -2.16. The van der Waals surface area contributed by atoms with Crippen molar-refractivity contribution in [2.45, 2.75) is 26.8 Å². The number of nitrogens with zero attached hydrogens (tertiary/aromatic N) is 2. The summed E-state index contributed by atoms with van der Waals surface area (Å²) in [6, 6.07) is 12.2. The fraction of sp³-hybridized carbons (Fsp3) is 0.294. The van der Waals surface area contributed by atoms with E-state index in [0.29, 0.717) is 12.1 Å². The van der Waals surface area contributed by atoms with Crippen LogP contribution < -0.4 is 4.90 Å². The first kappa shape index (κ1) is 14.3. The van der Waals surface area contributed by atoms with Crippen LogP contribution in [0.4, 0.5) is 5.69 Å². The molecule has 0 bridgehead atoms. The molecule has 0 saturated heterocycles. The van der Waals surface area contributed by atoms with Gasteiger partial charge in [-0.1, -0.05) is 36.8 Å². The van der Waals surface area contributed by atoms with E-state index in [0.717, 1.165) is 12.2 Å². The third kappa shape index (κ3) is 3.44. The first-order valence-corrected chi connectivity index (χ1v) is 6.86. The Morgan fingerprint density at radius 3 is 2.40 bits per heavy atom. The van der Waals surface area contributed by atoms with Crippen molar-refractivity contribution in [2.24, 2.45) is 0 Å². The van der Waals surface area contributed by atoms with Crippen molar-refractivity contribution in [1.82, 2.24) is 4.98 Å². The molecular weight excluding hydrogens is 248 g/mol. The summed E-state index contributed by atoms with van der Waals surface area (Å²) in [7, 11) is 2.03. The normalized spacial score (nSPS) is 10.3. The van der Waals surface area contributed by atoms with Crippen molar-refractivity contribution in [3.05, 3.63) is 59.4 Å². The second-order valence-electron chi connectivity index (χ2n) is 5.02. The summed E-state index contributed by atoms with van der Waals surface area (Å²) in [4.78, 5) is 17.9. The summed E-state index contributed by atoms with van der Waals surface area (Å²) < 4.78 is 0. The summed E-state index contributed by atoms with van der Waals surface area (Å²) in [6.07, 6.45) is 2.25. The van der Waals surface area contributed by atoms with E-state index in [1.165, 1.54) is 11.1 Å². The topological polar surface area (TPSA) is 33.2 Å². The molecule has 104 valence electrons. The molecule has 3 heteroatoms. The minimum Gasteiger partial charge on any atom is -0.369 e. The highest BCUT2D eigenvalue weighted by molar-refractivity contribution is 5.94. The van der Waals surface area contributed by atoms with E-state index in [9.17, 15) is 4.79 Å².